The summed E-state index contributed by atoms with van der Waals surface area (Å²) in [6.45, 7) is 3.65. The van der Waals surface area contributed by atoms with Crippen LogP contribution in [0, 0.1) is 5.82 Å². The second-order valence-electron chi connectivity index (χ2n) is 7.85. The van der Waals surface area contributed by atoms with E-state index in [0.717, 1.165) is 5.39 Å². The first-order valence-electron chi connectivity index (χ1n) is 11.4. The van der Waals surface area contributed by atoms with Crippen LogP contribution in [0.2, 0.25) is 5.02 Å². The predicted molar refractivity (Wildman–Crippen MR) is 148 cm³/mol. The molecule has 0 bridgehead atoms. The molecule has 0 radical (unpaired) electrons. The van der Waals surface area contributed by atoms with Gasteiger partial charge in [-0.25, -0.2) is 23.9 Å². The number of carbonyl (C=O) groups excluding carboxylic acids is 1. The van der Waals surface area contributed by atoms with Gasteiger partial charge in [0, 0.05) is 28.9 Å². The summed E-state index contributed by atoms with van der Waals surface area (Å²) < 4.78 is 19.0. The van der Waals surface area contributed by atoms with Crippen molar-refractivity contribution in [3.05, 3.63) is 108 Å². The zero-order chi connectivity index (χ0) is 29.1. The van der Waals surface area contributed by atoms with Crippen LogP contribution in [0.3, 0.4) is 0 Å². The Bertz CT molecular complexity index is 1580. The number of fused-ring (bicyclic) bond motifs is 1. The molecule has 12 heteroatoms. The maximum Gasteiger partial charge on any atom is 0.328 e. The highest BCUT2D eigenvalue weighted by Crippen LogP contribution is 2.31. The van der Waals surface area contributed by atoms with Gasteiger partial charge in [-0.2, -0.15) is 0 Å². The van der Waals surface area contributed by atoms with E-state index in [9.17, 15) is 18.8 Å². The molecule has 10 nitrogen and oxygen atoms in total. The van der Waals surface area contributed by atoms with Crippen molar-refractivity contribution in [3.8, 4) is 5.75 Å². The van der Waals surface area contributed by atoms with Crippen LogP contribution in [0.25, 0.3) is 10.9 Å². The number of nitrogens with one attached hydrogen (secondary N) is 2. The molecule has 0 saturated carbocycles. The lowest BCUT2D eigenvalue weighted by Gasteiger charge is -2.12. The van der Waals surface area contributed by atoms with Gasteiger partial charge in [-0.15, -0.1) is 0 Å². The maximum atomic E-state index is 13.3. The molecule has 0 spiro atoms. The third-order valence-electron chi connectivity index (χ3n) is 4.93. The van der Waals surface area contributed by atoms with Crippen molar-refractivity contribution in [1.82, 2.24) is 9.97 Å². The number of carboxylic acids is 2. The average Bonchev–Trinajstić information content (AvgIpc) is 2.92. The molecule has 1 amide bonds. The van der Waals surface area contributed by atoms with Crippen LogP contribution in [0.5, 0.6) is 5.75 Å². The highest BCUT2D eigenvalue weighted by molar-refractivity contribution is 6.32. The van der Waals surface area contributed by atoms with Gasteiger partial charge < -0.3 is 25.6 Å². The Labute approximate surface area is 232 Å². The topological polar surface area (TPSA) is 151 Å². The number of aliphatic carboxylic acids is 2. The Morgan fingerprint density at radius 2 is 1.70 bits per heavy atom. The largest absolute Gasteiger partial charge is 0.487 e. The van der Waals surface area contributed by atoms with Crippen molar-refractivity contribution in [3.63, 3.8) is 0 Å². The highest BCUT2D eigenvalue weighted by Gasteiger charge is 2.09. The second kappa shape index (κ2) is 14.0. The van der Waals surface area contributed by atoms with Gasteiger partial charge in [0.2, 0.25) is 5.91 Å². The molecule has 0 saturated heterocycles. The predicted octanol–water partition coefficient (Wildman–Crippen LogP) is 5.58. The number of hydrogen-bond donors (Lipinski definition) is 4. The first kappa shape index (κ1) is 29.3. The summed E-state index contributed by atoms with van der Waals surface area (Å²) in [6.07, 6.45) is 3.76. The lowest BCUT2D eigenvalue weighted by Crippen LogP contribution is -2.07. The van der Waals surface area contributed by atoms with Crippen molar-refractivity contribution < 1.29 is 33.7 Å². The van der Waals surface area contributed by atoms with Crippen LogP contribution in [0.1, 0.15) is 5.56 Å². The van der Waals surface area contributed by atoms with Crippen LogP contribution in [-0.4, -0.2) is 38.0 Å². The van der Waals surface area contributed by atoms with Gasteiger partial charge in [0.1, 0.15) is 30.3 Å². The Kier molecular flexibility index (Phi) is 10.3. The Morgan fingerprint density at radius 1 is 0.975 bits per heavy atom. The molecular formula is C28H22ClFN4O6. The fourth-order valence-electron chi connectivity index (χ4n) is 3.19. The fraction of sp³-hybridized carbons (Fsp3) is 0.0357. The first-order valence-corrected chi connectivity index (χ1v) is 11.8. The number of ether oxygens (including phenoxy) is 1. The lowest BCUT2D eigenvalue weighted by atomic mass is 10.2. The lowest BCUT2D eigenvalue weighted by molar-refractivity contribution is -0.134. The average molecular weight is 565 g/mol. The van der Waals surface area contributed by atoms with E-state index >= 15 is 0 Å². The second-order valence-corrected chi connectivity index (χ2v) is 8.25. The molecule has 0 unspecified atom stereocenters. The van der Waals surface area contributed by atoms with Gasteiger partial charge in [0.25, 0.3) is 0 Å². The molecule has 4 rings (SSSR count). The summed E-state index contributed by atoms with van der Waals surface area (Å²) in [7, 11) is 0. The van der Waals surface area contributed by atoms with Crippen molar-refractivity contribution in [2.45, 2.75) is 6.61 Å². The molecule has 3 aromatic carbocycles. The van der Waals surface area contributed by atoms with Crippen LogP contribution in [-0.2, 0) is 21.0 Å². The zero-order valence-corrected chi connectivity index (χ0v) is 21.4. The van der Waals surface area contributed by atoms with Crippen molar-refractivity contribution in [1.29, 1.82) is 0 Å². The monoisotopic (exact) mass is 564 g/mol. The minimum Gasteiger partial charge on any atom is -0.487 e. The van der Waals surface area contributed by atoms with Crippen LogP contribution < -0.4 is 15.4 Å². The SMILES string of the molecule is C=CC(=O)Nc1ccc2ncnc(Nc3ccc(OCc4cccc(F)c4)c(Cl)c3)c2c1.O=C(O)/C=C/C(=O)O. The number of carboxylic acid groups (broad SMARTS) is 2. The first-order chi connectivity index (χ1) is 19.1. The number of halogens is 2. The van der Waals surface area contributed by atoms with E-state index in [1.807, 2.05) is 0 Å². The van der Waals surface area contributed by atoms with Crippen molar-refractivity contribution in [2.75, 3.05) is 10.6 Å². The summed E-state index contributed by atoms with van der Waals surface area (Å²) in [5.74, 6) is -2.12. The van der Waals surface area contributed by atoms with E-state index in [0.29, 0.717) is 51.2 Å². The molecule has 40 heavy (non-hydrogen) atoms. The van der Waals surface area contributed by atoms with Gasteiger partial charge in [0.05, 0.1) is 10.5 Å². The van der Waals surface area contributed by atoms with Gasteiger partial charge in [-0.05, 0) is 60.2 Å². The van der Waals surface area contributed by atoms with E-state index in [-0.39, 0.29) is 18.3 Å². The van der Waals surface area contributed by atoms with Crippen LogP contribution in [0.15, 0.2) is 91.8 Å². The standard InChI is InChI=1S/C24H18ClFN4O2.C4H4O4/c1-2-23(31)29-17-6-8-21-19(11-17)24(28-14-27-21)30-18-7-9-22(20(25)12-18)32-13-15-4-3-5-16(26)10-15;5-3(6)1-2-4(7)8/h2-12,14H,1,13H2,(H,29,31)(H,27,28,30);1-2H,(H,5,6)(H,7,8)/b;2-1+. The smallest absolute Gasteiger partial charge is 0.328 e. The molecule has 0 aliphatic heterocycles. The molecular weight excluding hydrogens is 543 g/mol. The number of anilines is 3. The van der Waals surface area contributed by atoms with E-state index in [2.05, 4.69) is 27.2 Å². The summed E-state index contributed by atoms with van der Waals surface area (Å²) in [6, 6.07) is 16.7. The van der Waals surface area contributed by atoms with Crippen LogP contribution >= 0.6 is 11.6 Å². The summed E-state index contributed by atoms with van der Waals surface area (Å²) in [5.41, 5.74) is 2.70. The molecule has 4 aromatic rings. The van der Waals surface area contributed by atoms with Gasteiger partial charge in [-0.1, -0.05) is 30.3 Å². The minimum absolute atomic E-state index is 0.194. The summed E-state index contributed by atoms with van der Waals surface area (Å²) >= 11 is 6.38. The molecule has 4 N–H and O–H groups in total. The maximum absolute atomic E-state index is 13.3. The Balaban J connectivity index is 0.000000482. The number of carbonyl (C=O) groups is 3. The van der Waals surface area contributed by atoms with E-state index in [1.54, 1.807) is 48.5 Å². The van der Waals surface area contributed by atoms with Gasteiger partial charge in [0.15, 0.2) is 0 Å². The number of aromatic nitrogens is 2. The number of rotatable bonds is 9. The summed E-state index contributed by atoms with van der Waals surface area (Å²) in [5, 5.41) is 22.7. The third kappa shape index (κ3) is 8.92. The molecule has 0 aliphatic carbocycles. The number of benzene rings is 3. The Hall–Kier alpha value is -5.29. The van der Waals surface area contributed by atoms with Crippen molar-refractivity contribution in [2.24, 2.45) is 0 Å². The molecule has 204 valence electrons. The molecule has 1 heterocycles. The van der Waals surface area contributed by atoms with E-state index in [4.69, 9.17) is 26.6 Å². The highest BCUT2D eigenvalue weighted by atomic mass is 35.5. The molecule has 0 atom stereocenters. The fourth-order valence-corrected chi connectivity index (χ4v) is 3.43. The molecule has 0 fully saturated rings. The van der Waals surface area contributed by atoms with Gasteiger partial charge in [-0.3, -0.25) is 4.79 Å². The van der Waals surface area contributed by atoms with E-state index < -0.39 is 11.9 Å². The Morgan fingerprint density at radius 3 is 2.35 bits per heavy atom. The van der Waals surface area contributed by atoms with Crippen LogP contribution in [0.4, 0.5) is 21.6 Å². The number of amides is 1. The van der Waals surface area contributed by atoms with E-state index in [1.165, 1.54) is 24.5 Å². The summed E-state index contributed by atoms with van der Waals surface area (Å²) in [4.78, 5) is 39.3. The normalized spacial score (nSPS) is 10.3. The zero-order valence-electron chi connectivity index (χ0n) is 20.7. The molecule has 0 aliphatic rings. The van der Waals surface area contributed by atoms with Gasteiger partial charge >= 0.3 is 11.9 Å². The quantitative estimate of drug-likeness (QED) is 0.191. The molecule has 1 aromatic heterocycles. The minimum atomic E-state index is -1.26. The van der Waals surface area contributed by atoms with Crippen molar-refractivity contribution >= 4 is 57.5 Å². The number of hydrogen-bond acceptors (Lipinski definition) is 7. The third-order valence-corrected chi connectivity index (χ3v) is 5.23. The number of nitrogens with zero attached hydrogens (tertiary/aromatic N) is 2.